The van der Waals surface area contributed by atoms with Gasteiger partial charge in [0.25, 0.3) is 0 Å². The molecule has 1 aliphatic heterocycles. The van der Waals surface area contributed by atoms with E-state index < -0.39 is 11.4 Å². The molecule has 21 heavy (non-hydrogen) atoms. The first-order valence-corrected chi connectivity index (χ1v) is 7.05. The Morgan fingerprint density at radius 2 is 2.14 bits per heavy atom. The molecule has 112 valence electrons. The summed E-state index contributed by atoms with van der Waals surface area (Å²) in [5.74, 6) is -1.44. The summed E-state index contributed by atoms with van der Waals surface area (Å²) in [6.45, 7) is 2.17. The predicted octanol–water partition coefficient (Wildman–Crippen LogP) is 1.64. The number of Topliss-reactive ketones (excluding diaryl/α,β-unsaturated/α-hetero) is 1. The van der Waals surface area contributed by atoms with E-state index in [9.17, 15) is 9.59 Å². The van der Waals surface area contributed by atoms with Gasteiger partial charge in [0.1, 0.15) is 5.60 Å². The van der Waals surface area contributed by atoms with Gasteiger partial charge in [-0.15, -0.1) is 0 Å². The number of ether oxygens (including phenoxy) is 3. The zero-order valence-electron chi connectivity index (χ0n) is 11.9. The van der Waals surface area contributed by atoms with Gasteiger partial charge in [0.05, 0.1) is 19.3 Å². The van der Waals surface area contributed by atoms with Gasteiger partial charge in [-0.3, -0.25) is 4.79 Å². The van der Waals surface area contributed by atoms with Crippen molar-refractivity contribution in [2.75, 3.05) is 6.61 Å². The summed E-state index contributed by atoms with van der Waals surface area (Å²) in [7, 11) is 0. The zero-order chi connectivity index (χ0) is 14.9. The Kier molecular flexibility index (Phi) is 3.65. The van der Waals surface area contributed by atoms with Crippen molar-refractivity contribution in [3.63, 3.8) is 0 Å². The van der Waals surface area contributed by atoms with Crippen molar-refractivity contribution in [2.45, 2.75) is 43.9 Å². The Bertz CT molecular complexity index is 543. The van der Waals surface area contributed by atoms with Crippen LogP contribution in [0.1, 0.15) is 25.3 Å². The fourth-order valence-corrected chi connectivity index (χ4v) is 2.75. The molecule has 1 aromatic carbocycles. The van der Waals surface area contributed by atoms with Gasteiger partial charge in [-0.05, 0) is 12.5 Å². The molecule has 3 rings (SSSR count). The van der Waals surface area contributed by atoms with E-state index in [0.29, 0.717) is 19.3 Å². The molecule has 2 unspecified atom stereocenters. The quantitative estimate of drug-likeness (QED) is 0.789. The topological polar surface area (TPSA) is 61.8 Å². The van der Waals surface area contributed by atoms with Crippen molar-refractivity contribution in [3.05, 3.63) is 35.9 Å². The number of hydrogen-bond acceptors (Lipinski definition) is 5. The number of benzene rings is 1. The minimum Gasteiger partial charge on any atom is -0.373 e. The summed E-state index contributed by atoms with van der Waals surface area (Å²) in [5, 5.41) is 0. The number of ketones is 1. The van der Waals surface area contributed by atoms with Crippen molar-refractivity contribution < 1.29 is 23.8 Å². The van der Waals surface area contributed by atoms with E-state index in [4.69, 9.17) is 14.2 Å². The molecule has 0 radical (unpaired) electrons. The SMILES string of the molecule is CC1(C=O)CO[C@]2(CC(OCc3ccccc3)CC2=O)O1. The van der Waals surface area contributed by atoms with Crippen LogP contribution in [-0.4, -0.2) is 36.2 Å². The highest BCUT2D eigenvalue weighted by molar-refractivity contribution is 5.89. The summed E-state index contributed by atoms with van der Waals surface area (Å²) in [6, 6.07) is 9.77. The lowest BCUT2D eigenvalue weighted by Gasteiger charge is -2.22. The van der Waals surface area contributed by atoms with Gasteiger partial charge in [0.15, 0.2) is 12.1 Å². The van der Waals surface area contributed by atoms with Gasteiger partial charge < -0.3 is 19.0 Å². The van der Waals surface area contributed by atoms with Crippen molar-refractivity contribution in [1.29, 1.82) is 0 Å². The molecule has 0 N–H and O–H groups in total. The van der Waals surface area contributed by atoms with E-state index in [-0.39, 0.29) is 24.9 Å². The fraction of sp³-hybridized carbons (Fsp3) is 0.500. The average Bonchev–Trinajstić information content (AvgIpc) is 3.00. The number of carbonyl (C=O) groups is 2. The van der Waals surface area contributed by atoms with Crippen LogP contribution >= 0.6 is 0 Å². The van der Waals surface area contributed by atoms with Gasteiger partial charge in [-0.2, -0.15) is 0 Å². The largest absolute Gasteiger partial charge is 0.373 e. The molecular formula is C16H18O5. The maximum absolute atomic E-state index is 12.2. The average molecular weight is 290 g/mol. The van der Waals surface area contributed by atoms with E-state index >= 15 is 0 Å². The van der Waals surface area contributed by atoms with E-state index in [1.165, 1.54) is 0 Å². The highest BCUT2D eigenvalue weighted by Gasteiger charge is 2.58. The van der Waals surface area contributed by atoms with Gasteiger partial charge in [-0.25, -0.2) is 0 Å². The Morgan fingerprint density at radius 1 is 1.38 bits per heavy atom. The number of hydrogen-bond donors (Lipinski definition) is 0. The molecule has 0 amide bonds. The van der Waals surface area contributed by atoms with Gasteiger partial charge >= 0.3 is 0 Å². The molecule has 3 atom stereocenters. The van der Waals surface area contributed by atoms with Crippen molar-refractivity contribution >= 4 is 12.1 Å². The van der Waals surface area contributed by atoms with Crippen molar-refractivity contribution in [3.8, 4) is 0 Å². The van der Waals surface area contributed by atoms with E-state index in [1.807, 2.05) is 30.3 Å². The summed E-state index contributed by atoms with van der Waals surface area (Å²) < 4.78 is 16.9. The first-order chi connectivity index (χ1) is 10.1. The van der Waals surface area contributed by atoms with Crippen LogP contribution in [-0.2, 0) is 30.4 Å². The molecule has 1 spiro atoms. The zero-order valence-corrected chi connectivity index (χ0v) is 11.9. The molecule has 1 heterocycles. The van der Waals surface area contributed by atoms with Gasteiger partial charge in [-0.1, -0.05) is 30.3 Å². The third-order valence-electron chi connectivity index (χ3n) is 3.90. The Balaban J connectivity index is 1.62. The maximum Gasteiger partial charge on any atom is 0.232 e. The molecule has 5 heteroatoms. The molecule has 1 aliphatic carbocycles. The van der Waals surface area contributed by atoms with Gasteiger partial charge in [0, 0.05) is 12.8 Å². The van der Waals surface area contributed by atoms with Gasteiger partial charge in [0.2, 0.25) is 5.79 Å². The monoisotopic (exact) mass is 290 g/mol. The second-order valence-electron chi connectivity index (χ2n) is 5.82. The Labute approximate surface area is 123 Å². The summed E-state index contributed by atoms with van der Waals surface area (Å²) in [4.78, 5) is 23.2. The second kappa shape index (κ2) is 5.33. The van der Waals surface area contributed by atoms with Crippen molar-refractivity contribution in [2.24, 2.45) is 0 Å². The van der Waals surface area contributed by atoms with E-state index in [0.717, 1.165) is 5.56 Å². The summed E-state index contributed by atoms with van der Waals surface area (Å²) in [5.41, 5.74) is 0.0150. The molecule has 2 aliphatic rings. The smallest absolute Gasteiger partial charge is 0.232 e. The normalized spacial score (nSPS) is 35.5. The summed E-state index contributed by atoms with van der Waals surface area (Å²) in [6.07, 6.45) is 1.03. The first kappa shape index (κ1) is 14.4. The lowest BCUT2D eigenvalue weighted by atomic mass is 10.1. The molecule has 1 saturated heterocycles. The minimum atomic E-state index is -1.29. The third-order valence-corrected chi connectivity index (χ3v) is 3.90. The lowest BCUT2D eigenvalue weighted by Crippen LogP contribution is -2.39. The molecule has 1 saturated carbocycles. The second-order valence-corrected chi connectivity index (χ2v) is 5.82. The fourth-order valence-electron chi connectivity index (χ4n) is 2.75. The van der Waals surface area contributed by atoms with Crippen molar-refractivity contribution in [1.82, 2.24) is 0 Å². The molecule has 2 fully saturated rings. The van der Waals surface area contributed by atoms with Crippen LogP contribution in [0.3, 0.4) is 0 Å². The number of carbonyl (C=O) groups excluding carboxylic acids is 2. The van der Waals surface area contributed by atoms with Crippen LogP contribution in [0, 0.1) is 0 Å². The predicted molar refractivity (Wildman–Crippen MR) is 73.5 cm³/mol. The molecule has 0 aromatic heterocycles. The van der Waals surface area contributed by atoms with Crippen LogP contribution in [0.2, 0.25) is 0 Å². The maximum atomic E-state index is 12.2. The van der Waals surface area contributed by atoms with Crippen LogP contribution < -0.4 is 0 Å². The standard InChI is InChI=1S/C16H18O5/c1-15(10-17)11-20-16(21-15)8-13(7-14(16)18)19-9-12-5-3-2-4-6-12/h2-6,10,13H,7-9,11H2,1H3/t13?,15?,16-/m1/s1. The molecule has 1 aromatic rings. The Hall–Kier alpha value is -1.56. The third kappa shape index (κ3) is 2.77. The van der Waals surface area contributed by atoms with Crippen LogP contribution in [0.4, 0.5) is 0 Å². The summed E-state index contributed by atoms with van der Waals surface area (Å²) >= 11 is 0. The molecule has 5 nitrogen and oxygen atoms in total. The first-order valence-electron chi connectivity index (χ1n) is 7.05. The van der Waals surface area contributed by atoms with Crippen LogP contribution in [0.25, 0.3) is 0 Å². The highest BCUT2D eigenvalue weighted by Crippen LogP contribution is 2.41. The molecule has 0 bridgehead atoms. The van der Waals surface area contributed by atoms with E-state index in [1.54, 1.807) is 6.92 Å². The van der Waals surface area contributed by atoms with Crippen LogP contribution in [0.15, 0.2) is 30.3 Å². The lowest BCUT2D eigenvalue weighted by molar-refractivity contribution is -0.189. The highest BCUT2D eigenvalue weighted by atomic mass is 16.8. The Morgan fingerprint density at radius 3 is 2.81 bits per heavy atom. The molecular weight excluding hydrogens is 272 g/mol. The number of rotatable bonds is 4. The van der Waals surface area contributed by atoms with Crippen LogP contribution in [0.5, 0.6) is 0 Å². The number of aldehydes is 1. The van der Waals surface area contributed by atoms with E-state index in [2.05, 4.69) is 0 Å². The minimum absolute atomic E-state index is 0.105.